The van der Waals surface area contributed by atoms with Crippen LogP contribution in [0.15, 0.2) is 0 Å². The van der Waals surface area contributed by atoms with Gasteiger partial charge < -0.3 is 16.0 Å². The van der Waals surface area contributed by atoms with Crippen molar-refractivity contribution < 1.29 is 4.79 Å². The van der Waals surface area contributed by atoms with Gasteiger partial charge in [0.25, 0.3) is 0 Å². The molecule has 0 aromatic heterocycles. The zero-order chi connectivity index (χ0) is 9.03. The van der Waals surface area contributed by atoms with Crippen molar-refractivity contribution in [2.24, 2.45) is 0 Å². The molecule has 4 heteroatoms. The van der Waals surface area contributed by atoms with Gasteiger partial charge in [0.1, 0.15) is 0 Å². The molecule has 70 valence electrons. The monoisotopic (exact) mass is 171 g/mol. The Bertz CT molecular complexity index is 164. The van der Waals surface area contributed by atoms with E-state index in [1.54, 1.807) is 0 Å². The molecular weight excluding hydrogens is 154 g/mol. The average molecular weight is 171 g/mol. The van der Waals surface area contributed by atoms with Crippen LogP contribution in [0.5, 0.6) is 0 Å². The summed E-state index contributed by atoms with van der Waals surface area (Å²) in [5.74, 6) is 0. The molecule has 0 aromatic rings. The fraction of sp³-hybridized carbons (Fsp3) is 0.875. The van der Waals surface area contributed by atoms with Crippen molar-refractivity contribution in [2.45, 2.75) is 25.8 Å². The summed E-state index contributed by atoms with van der Waals surface area (Å²) in [5.41, 5.74) is -0.0563. The standard InChI is InChI=1S/C8H17N3O/c1-3-10-7(12)11-8(2)4-5-9-6-8/h9H,3-6H2,1-2H3,(H2,10,11,12). The molecule has 1 atom stereocenters. The van der Waals surface area contributed by atoms with E-state index in [0.29, 0.717) is 6.54 Å². The molecule has 0 aliphatic carbocycles. The minimum atomic E-state index is -0.0660. The summed E-state index contributed by atoms with van der Waals surface area (Å²) in [6, 6.07) is -0.0660. The third kappa shape index (κ3) is 2.37. The van der Waals surface area contributed by atoms with Gasteiger partial charge in [-0.2, -0.15) is 0 Å². The van der Waals surface area contributed by atoms with Crippen molar-refractivity contribution >= 4 is 6.03 Å². The zero-order valence-electron chi connectivity index (χ0n) is 7.74. The van der Waals surface area contributed by atoms with E-state index in [9.17, 15) is 4.79 Å². The SMILES string of the molecule is CCNC(=O)NC1(C)CCNC1. The Morgan fingerprint density at radius 3 is 2.92 bits per heavy atom. The molecule has 0 saturated carbocycles. The topological polar surface area (TPSA) is 53.2 Å². The van der Waals surface area contributed by atoms with E-state index in [4.69, 9.17) is 0 Å². The summed E-state index contributed by atoms with van der Waals surface area (Å²) >= 11 is 0. The molecule has 4 nitrogen and oxygen atoms in total. The Hall–Kier alpha value is -0.770. The van der Waals surface area contributed by atoms with Crippen LogP contribution in [0, 0.1) is 0 Å². The number of hydrogen-bond donors (Lipinski definition) is 3. The molecule has 1 unspecified atom stereocenters. The summed E-state index contributed by atoms with van der Waals surface area (Å²) in [4.78, 5) is 11.2. The Kier molecular flexibility index (Phi) is 2.92. The second-order valence-electron chi connectivity index (χ2n) is 3.47. The fourth-order valence-corrected chi connectivity index (χ4v) is 1.40. The van der Waals surface area contributed by atoms with E-state index in [1.165, 1.54) is 0 Å². The van der Waals surface area contributed by atoms with E-state index >= 15 is 0 Å². The van der Waals surface area contributed by atoms with Crippen molar-refractivity contribution in [3.8, 4) is 0 Å². The van der Waals surface area contributed by atoms with Gasteiger partial charge in [0.05, 0.1) is 5.54 Å². The zero-order valence-corrected chi connectivity index (χ0v) is 7.74. The maximum Gasteiger partial charge on any atom is 0.315 e. The first kappa shape index (κ1) is 9.32. The number of nitrogens with one attached hydrogen (secondary N) is 3. The van der Waals surface area contributed by atoms with Crippen molar-refractivity contribution in [1.29, 1.82) is 0 Å². The van der Waals surface area contributed by atoms with Crippen LogP contribution >= 0.6 is 0 Å². The Morgan fingerprint density at radius 2 is 2.42 bits per heavy atom. The molecule has 2 amide bonds. The van der Waals surface area contributed by atoms with Crippen molar-refractivity contribution in [3.63, 3.8) is 0 Å². The van der Waals surface area contributed by atoms with Gasteiger partial charge in [-0.3, -0.25) is 0 Å². The molecule has 0 radical (unpaired) electrons. The van der Waals surface area contributed by atoms with Crippen LogP contribution < -0.4 is 16.0 Å². The molecule has 0 aromatic carbocycles. The normalized spacial score (nSPS) is 28.5. The van der Waals surface area contributed by atoms with Crippen LogP contribution in [0.3, 0.4) is 0 Å². The van der Waals surface area contributed by atoms with Gasteiger partial charge in [0.2, 0.25) is 0 Å². The number of amides is 2. The number of hydrogen-bond acceptors (Lipinski definition) is 2. The molecule has 12 heavy (non-hydrogen) atoms. The van der Waals surface area contributed by atoms with Gasteiger partial charge >= 0.3 is 6.03 Å². The molecule has 0 bridgehead atoms. The van der Waals surface area contributed by atoms with Crippen LogP contribution in [0.2, 0.25) is 0 Å². The van der Waals surface area contributed by atoms with E-state index in [1.807, 2.05) is 6.92 Å². The highest BCUT2D eigenvalue weighted by atomic mass is 16.2. The van der Waals surface area contributed by atoms with Crippen molar-refractivity contribution in [3.05, 3.63) is 0 Å². The molecule has 1 heterocycles. The minimum absolute atomic E-state index is 0.0563. The third-order valence-corrected chi connectivity index (χ3v) is 2.12. The predicted molar refractivity (Wildman–Crippen MR) is 48.1 cm³/mol. The van der Waals surface area contributed by atoms with Gasteiger partial charge in [-0.1, -0.05) is 0 Å². The Labute approximate surface area is 73.1 Å². The highest BCUT2D eigenvalue weighted by molar-refractivity contribution is 5.74. The van der Waals surface area contributed by atoms with Crippen LogP contribution in [0.4, 0.5) is 4.79 Å². The average Bonchev–Trinajstić information content (AvgIpc) is 2.36. The van der Waals surface area contributed by atoms with Crippen LogP contribution in [0.1, 0.15) is 20.3 Å². The lowest BCUT2D eigenvalue weighted by Crippen LogP contribution is -2.51. The van der Waals surface area contributed by atoms with Crippen LogP contribution in [-0.2, 0) is 0 Å². The smallest absolute Gasteiger partial charge is 0.315 e. The van der Waals surface area contributed by atoms with Gasteiger partial charge in [-0.05, 0) is 26.8 Å². The van der Waals surface area contributed by atoms with Crippen LogP contribution in [0.25, 0.3) is 0 Å². The molecule has 1 saturated heterocycles. The molecule has 3 N–H and O–H groups in total. The number of rotatable bonds is 2. The number of carbonyl (C=O) groups is 1. The molecule has 0 spiro atoms. The second-order valence-corrected chi connectivity index (χ2v) is 3.47. The Balaban J connectivity index is 2.33. The van der Waals surface area contributed by atoms with E-state index in [2.05, 4.69) is 22.9 Å². The van der Waals surface area contributed by atoms with E-state index in [-0.39, 0.29) is 11.6 Å². The lowest BCUT2D eigenvalue weighted by molar-refractivity contribution is 0.230. The predicted octanol–water partition coefficient (Wildman–Crippen LogP) is 0.0575. The molecule has 1 fully saturated rings. The highest BCUT2D eigenvalue weighted by Gasteiger charge is 2.29. The molecular formula is C8H17N3O. The lowest BCUT2D eigenvalue weighted by atomic mass is 10.0. The third-order valence-electron chi connectivity index (χ3n) is 2.12. The minimum Gasteiger partial charge on any atom is -0.338 e. The van der Waals surface area contributed by atoms with Gasteiger partial charge in [0.15, 0.2) is 0 Å². The summed E-state index contributed by atoms with van der Waals surface area (Å²) < 4.78 is 0. The maximum atomic E-state index is 11.2. The summed E-state index contributed by atoms with van der Waals surface area (Å²) in [5, 5.41) is 8.88. The summed E-state index contributed by atoms with van der Waals surface area (Å²) in [6.07, 6.45) is 1.00. The molecule has 1 rings (SSSR count). The van der Waals surface area contributed by atoms with Crippen molar-refractivity contribution in [1.82, 2.24) is 16.0 Å². The first-order valence-corrected chi connectivity index (χ1v) is 4.43. The van der Waals surface area contributed by atoms with Gasteiger partial charge in [-0.15, -0.1) is 0 Å². The largest absolute Gasteiger partial charge is 0.338 e. The summed E-state index contributed by atoms with van der Waals surface area (Å²) in [6.45, 7) is 6.50. The molecule has 1 aliphatic rings. The Morgan fingerprint density at radius 1 is 1.67 bits per heavy atom. The van der Waals surface area contributed by atoms with E-state index < -0.39 is 0 Å². The summed E-state index contributed by atoms with van der Waals surface area (Å²) in [7, 11) is 0. The lowest BCUT2D eigenvalue weighted by Gasteiger charge is -2.24. The van der Waals surface area contributed by atoms with Gasteiger partial charge in [-0.25, -0.2) is 4.79 Å². The van der Waals surface area contributed by atoms with Gasteiger partial charge in [0, 0.05) is 13.1 Å². The van der Waals surface area contributed by atoms with Crippen molar-refractivity contribution in [2.75, 3.05) is 19.6 Å². The first-order chi connectivity index (χ1) is 5.66. The quantitative estimate of drug-likeness (QED) is 0.550. The fourth-order valence-electron chi connectivity index (χ4n) is 1.40. The van der Waals surface area contributed by atoms with E-state index in [0.717, 1.165) is 19.5 Å². The first-order valence-electron chi connectivity index (χ1n) is 4.43. The number of urea groups is 1. The van der Waals surface area contributed by atoms with Crippen LogP contribution in [-0.4, -0.2) is 31.2 Å². The number of carbonyl (C=O) groups excluding carboxylic acids is 1. The second kappa shape index (κ2) is 3.76. The highest BCUT2D eigenvalue weighted by Crippen LogP contribution is 2.12. The molecule has 1 aliphatic heterocycles. The maximum absolute atomic E-state index is 11.2.